The molecule has 1 fully saturated rings. The molecule has 0 radical (unpaired) electrons. The standard InChI is InChI=1S/C14H20F2N2/c1-2-9-3-4-11-12(7-9)18-13(17-11)10-5-6-14(15,16)8-10/h9-10H,2-8H2,1H3,(H,17,18). The summed E-state index contributed by atoms with van der Waals surface area (Å²) < 4.78 is 26.5. The molecule has 100 valence electrons. The van der Waals surface area contributed by atoms with Gasteiger partial charge in [-0.3, -0.25) is 0 Å². The summed E-state index contributed by atoms with van der Waals surface area (Å²) in [5.41, 5.74) is 2.34. The number of alkyl halides is 2. The van der Waals surface area contributed by atoms with E-state index in [1.165, 1.54) is 18.5 Å². The SMILES string of the molecule is CCC1CCc2nc(C3CCC(F)(F)C3)[nH]c2C1. The quantitative estimate of drug-likeness (QED) is 0.853. The summed E-state index contributed by atoms with van der Waals surface area (Å²) in [6.45, 7) is 2.21. The lowest BCUT2D eigenvalue weighted by molar-refractivity contribution is 0.00755. The van der Waals surface area contributed by atoms with Gasteiger partial charge in [-0.15, -0.1) is 0 Å². The summed E-state index contributed by atoms with van der Waals surface area (Å²) in [6.07, 6.45) is 4.98. The predicted octanol–water partition coefficient (Wildman–Crippen LogP) is 3.83. The lowest BCUT2D eigenvalue weighted by atomic mass is 9.88. The van der Waals surface area contributed by atoms with E-state index in [0.717, 1.165) is 30.3 Å². The molecule has 3 rings (SSSR count). The van der Waals surface area contributed by atoms with Gasteiger partial charge >= 0.3 is 0 Å². The van der Waals surface area contributed by atoms with Crippen molar-refractivity contribution < 1.29 is 8.78 Å². The van der Waals surface area contributed by atoms with E-state index in [9.17, 15) is 8.78 Å². The van der Waals surface area contributed by atoms with Gasteiger partial charge in [0.05, 0.1) is 5.69 Å². The number of hydrogen-bond donors (Lipinski definition) is 1. The highest BCUT2D eigenvalue weighted by Gasteiger charge is 2.41. The summed E-state index contributed by atoms with van der Waals surface area (Å²) in [4.78, 5) is 7.91. The van der Waals surface area contributed by atoms with Crippen LogP contribution in [0.15, 0.2) is 0 Å². The Hall–Kier alpha value is -0.930. The number of imidazole rings is 1. The fraction of sp³-hybridized carbons (Fsp3) is 0.786. The van der Waals surface area contributed by atoms with Crippen molar-refractivity contribution in [1.29, 1.82) is 0 Å². The van der Waals surface area contributed by atoms with Gasteiger partial charge in [0.15, 0.2) is 0 Å². The lowest BCUT2D eigenvalue weighted by Gasteiger charge is -2.19. The fourth-order valence-corrected chi connectivity index (χ4v) is 3.30. The smallest absolute Gasteiger partial charge is 0.248 e. The first-order valence-corrected chi connectivity index (χ1v) is 7.03. The van der Waals surface area contributed by atoms with E-state index in [2.05, 4.69) is 16.9 Å². The van der Waals surface area contributed by atoms with E-state index in [-0.39, 0.29) is 18.8 Å². The van der Waals surface area contributed by atoms with Crippen LogP contribution >= 0.6 is 0 Å². The minimum absolute atomic E-state index is 0.0145. The molecular weight excluding hydrogens is 234 g/mol. The third kappa shape index (κ3) is 2.17. The molecule has 2 unspecified atom stereocenters. The van der Waals surface area contributed by atoms with E-state index in [0.29, 0.717) is 6.42 Å². The molecule has 2 atom stereocenters. The largest absolute Gasteiger partial charge is 0.345 e. The maximum Gasteiger partial charge on any atom is 0.248 e. The van der Waals surface area contributed by atoms with Crippen molar-refractivity contribution in [2.24, 2.45) is 5.92 Å². The van der Waals surface area contributed by atoms with Gasteiger partial charge in [0.1, 0.15) is 5.82 Å². The molecule has 2 aliphatic carbocycles. The van der Waals surface area contributed by atoms with Crippen molar-refractivity contribution in [2.45, 2.75) is 63.7 Å². The lowest BCUT2D eigenvalue weighted by Crippen LogP contribution is -2.12. The number of nitrogens with one attached hydrogen (secondary N) is 1. The molecule has 1 N–H and O–H groups in total. The zero-order valence-electron chi connectivity index (χ0n) is 10.8. The van der Waals surface area contributed by atoms with Crippen LogP contribution in [0.5, 0.6) is 0 Å². The van der Waals surface area contributed by atoms with E-state index in [4.69, 9.17) is 0 Å². The molecule has 4 heteroatoms. The normalized spacial score (nSPS) is 30.4. The van der Waals surface area contributed by atoms with Crippen LogP contribution in [0.3, 0.4) is 0 Å². The molecule has 0 aromatic carbocycles. The second-order valence-electron chi connectivity index (χ2n) is 5.86. The molecular formula is C14H20F2N2. The molecule has 1 saturated carbocycles. The van der Waals surface area contributed by atoms with Crippen LogP contribution in [0.2, 0.25) is 0 Å². The Bertz CT molecular complexity index is 439. The van der Waals surface area contributed by atoms with Crippen LogP contribution in [0.1, 0.15) is 62.2 Å². The van der Waals surface area contributed by atoms with Crippen molar-refractivity contribution in [3.63, 3.8) is 0 Å². The molecule has 0 amide bonds. The second-order valence-corrected chi connectivity index (χ2v) is 5.86. The molecule has 2 nitrogen and oxygen atoms in total. The first-order valence-electron chi connectivity index (χ1n) is 7.03. The third-order valence-corrected chi connectivity index (χ3v) is 4.53. The van der Waals surface area contributed by atoms with Gasteiger partial charge in [0, 0.05) is 24.5 Å². The number of halogens is 2. The van der Waals surface area contributed by atoms with Crippen LogP contribution in [0.4, 0.5) is 8.78 Å². The number of aromatic amines is 1. The number of hydrogen-bond acceptors (Lipinski definition) is 1. The molecule has 1 aromatic rings. The maximum absolute atomic E-state index is 13.2. The van der Waals surface area contributed by atoms with Gasteiger partial charge in [-0.2, -0.15) is 0 Å². The average Bonchev–Trinajstić information content (AvgIpc) is 2.90. The van der Waals surface area contributed by atoms with Gasteiger partial charge < -0.3 is 4.98 Å². The van der Waals surface area contributed by atoms with Crippen LogP contribution in [0.25, 0.3) is 0 Å². The molecule has 1 aromatic heterocycles. The summed E-state index contributed by atoms with van der Waals surface area (Å²) in [5.74, 6) is -1.00. The molecule has 1 heterocycles. The number of nitrogens with zero attached hydrogens (tertiary/aromatic N) is 1. The van der Waals surface area contributed by atoms with E-state index >= 15 is 0 Å². The number of aryl methyl sites for hydroxylation is 1. The van der Waals surface area contributed by atoms with Gasteiger partial charge in [-0.25, -0.2) is 13.8 Å². The van der Waals surface area contributed by atoms with Gasteiger partial charge in [-0.1, -0.05) is 13.3 Å². The Balaban J connectivity index is 1.78. The van der Waals surface area contributed by atoms with Crippen molar-refractivity contribution >= 4 is 0 Å². The van der Waals surface area contributed by atoms with E-state index in [1.807, 2.05) is 0 Å². The maximum atomic E-state index is 13.2. The van der Waals surface area contributed by atoms with Crippen molar-refractivity contribution in [1.82, 2.24) is 9.97 Å². The highest BCUT2D eigenvalue weighted by molar-refractivity contribution is 5.21. The Kier molecular flexibility index (Phi) is 2.91. The third-order valence-electron chi connectivity index (χ3n) is 4.53. The minimum atomic E-state index is -2.48. The number of fused-ring (bicyclic) bond motifs is 1. The Morgan fingerprint density at radius 3 is 2.89 bits per heavy atom. The summed E-state index contributed by atoms with van der Waals surface area (Å²) >= 11 is 0. The molecule has 0 bridgehead atoms. The van der Waals surface area contributed by atoms with Crippen LogP contribution in [-0.4, -0.2) is 15.9 Å². The molecule has 18 heavy (non-hydrogen) atoms. The summed E-state index contributed by atoms with van der Waals surface area (Å²) in [7, 11) is 0. The second kappa shape index (κ2) is 4.32. The molecule has 0 spiro atoms. The zero-order chi connectivity index (χ0) is 12.8. The Morgan fingerprint density at radius 2 is 2.22 bits per heavy atom. The highest BCUT2D eigenvalue weighted by atomic mass is 19.3. The van der Waals surface area contributed by atoms with Gasteiger partial charge in [-0.05, 0) is 31.6 Å². The van der Waals surface area contributed by atoms with Crippen LogP contribution < -0.4 is 0 Å². The van der Waals surface area contributed by atoms with Gasteiger partial charge in [0.2, 0.25) is 5.92 Å². The first kappa shape index (κ1) is 12.1. The van der Waals surface area contributed by atoms with E-state index in [1.54, 1.807) is 0 Å². The molecule has 0 aliphatic heterocycles. The average molecular weight is 254 g/mol. The van der Waals surface area contributed by atoms with Crippen molar-refractivity contribution in [3.05, 3.63) is 17.2 Å². The Morgan fingerprint density at radius 1 is 1.39 bits per heavy atom. The highest BCUT2D eigenvalue weighted by Crippen LogP contribution is 2.43. The van der Waals surface area contributed by atoms with Crippen molar-refractivity contribution in [2.75, 3.05) is 0 Å². The summed E-state index contributed by atoms with van der Waals surface area (Å²) in [6, 6.07) is 0. The topological polar surface area (TPSA) is 28.7 Å². The number of rotatable bonds is 2. The number of H-pyrrole nitrogens is 1. The van der Waals surface area contributed by atoms with Crippen LogP contribution in [0, 0.1) is 5.92 Å². The number of aromatic nitrogens is 2. The van der Waals surface area contributed by atoms with Crippen molar-refractivity contribution in [3.8, 4) is 0 Å². The zero-order valence-corrected chi connectivity index (χ0v) is 10.8. The van der Waals surface area contributed by atoms with Gasteiger partial charge in [0.25, 0.3) is 0 Å². The van der Waals surface area contributed by atoms with Crippen LogP contribution in [-0.2, 0) is 12.8 Å². The first-order chi connectivity index (χ1) is 8.57. The summed E-state index contributed by atoms with van der Waals surface area (Å²) in [5, 5.41) is 0. The Labute approximate surface area is 106 Å². The molecule has 0 saturated heterocycles. The predicted molar refractivity (Wildman–Crippen MR) is 65.9 cm³/mol. The minimum Gasteiger partial charge on any atom is -0.345 e. The molecule has 2 aliphatic rings. The van der Waals surface area contributed by atoms with E-state index < -0.39 is 5.92 Å². The monoisotopic (exact) mass is 254 g/mol. The fourth-order valence-electron chi connectivity index (χ4n) is 3.30.